The zero-order valence-electron chi connectivity index (χ0n) is 9.44. The molecule has 3 heteroatoms. The second-order valence-corrected chi connectivity index (χ2v) is 3.29. The normalized spacial score (nSPS) is 9.81. The molecule has 3 nitrogen and oxygen atoms in total. The Hall–Kier alpha value is -1.61. The maximum absolute atomic E-state index is 11.7. The van der Waals surface area contributed by atoms with Crippen molar-refractivity contribution in [3.8, 4) is 5.75 Å². The lowest BCUT2D eigenvalue weighted by atomic mass is 10.1. The molecule has 0 fully saturated rings. The van der Waals surface area contributed by atoms with E-state index >= 15 is 0 Å². The lowest BCUT2D eigenvalue weighted by Crippen LogP contribution is -2.09. The quantitative estimate of drug-likeness (QED) is 0.402. The molecule has 0 bridgehead atoms. The molecule has 0 saturated carbocycles. The number of carbonyl (C=O) groups is 1. The van der Waals surface area contributed by atoms with Gasteiger partial charge in [-0.3, -0.25) is 4.79 Å². The molecule has 16 heavy (non-hydrogen) atoms. The highest BCUT2D eigenvalue weighted by Crippen LogP contribution is 2.12. The van der Waals surface area contributed by atoms with Crippen LogP contribution >= 0.6 is 0 Å². The first-order valence-electron chi connectivity index (χ1n) is 5.14. The van der Waals surface area contributed by atoms with Crippen LogP contribution < -0.4 is 4.74 Å². The van der Waals surface area contributed by atoms with Crippen molar-refractivity contribution in [2.24, 2.45) is 0 Å². The van der Waals surface area contributed by atoms with Crippen molar-refractivity contribution in [2.75, 3.05) is 20.3 Å². The third kappa shape index (κ3) is 3.87. The molecule has 0 spiro atoms. The van der Waals surface area contributed by atoms with Gasteiger partial charge < -0.3 is 9.47 Å². The van der Waals surface area contributed by atoms with E-state index in [4.69, 9.17) is 9.47 Å². The molecule has 0 aliphatic carbocycles. The predicted molar refractivity (Wildman–Crippen MR) is 63.0 cm³/mol. The van der Waals surface area contributed by atoms with E-state index in [0.29, 0.717) is 17.9 Å². The van der Waals surface area contributed by atoms with Crippen molar-refractivity contribution in [2.45, 2.75) is 6.42 Å². The van der Waals surface area contributed by atoms with Crippen molar-refractivity contribution in [3.63, 3.8) is 0 Å². The Kier molecular flexibility index (Phi) is 5.29. The number of ether oxygens (including phenoxy) is 2. The zero-order chi connectivity index (χ0) is 11.8. The van der Waals surface area contributed by atoms with Crippen molar-refractivity contribution in [3.05, 3.63) is 42.5 Å². The largest absolute Gasteiger partial charge is 0.497 e. The summed E-state index contributed by atoms with van der Waals surface area (Å²) in [5, 5.41) is 0. The molecule has 0 aliphatic heterocycles. The van der Waals surface area contributed by atoms with Crippen molar-refractivity contribution < 1.29 is 14.3 Å². The third-order valence-electron chi connectivity index (χ3n) is 2.09. The summed E-state index contributed by atoms with van der Waals surface area (Å²) in [6.45, 7) is 4.20. The molecule has 86 valence electrons. The van der Waals surface area contributed by atoms with Gasteiger partial charge in [0.15, 0.2) is 5.78 Å². The molecule has 0 heterocycles. The number of hydrogen-bond acceptors (Lipinski definition) is 3. The lowest BCUT2D eigenvalue weighted by Gasteiger charge is -2.04. The summed E-state index contributed by atoms with van der Waals surface area (Å²) < 4.78 is 10.2. The van der Waals surface area contributed by atoms with Crippen LogP contribution in [0, 0.1) is 0 Å². The number of ketones is 1. The Bertz CT molecular complexity index is 358. The van der Waals surface area contributed by atoms with Gasteiger partial charge in [0.25, 0.3) is 0 Å². The highest BCUT2D eigenvalue weighted by Gasteiger charge is 2.06. The van der Waals surface area contributed by atoms with Crippen LogP contribution in [0.2, 0.25) is 0 Å². The Morgan fingerprint density at radius 1 is 1.50 bits per heavy atom. The molecule has 0 N–H and O–H groups in total. The lowest BCUT2D eigenvalue weighted by molar-refractivity contribution is 0.0768. The molecular weight excluding hydrogens is 204 g/mol. The van der Waals surface area contributed by atoms with Crippen LogP contribution in [0.1, 0.15) is 16.8 Å². The SMILES string of the molecule is C=CCCOCC(=O)c1cccc(OC)c1. The summed E-state index contributed by atoms with van der Waals surface area (Å²) in [6, 6.07) is 7.05. The van der Waals surface area contributed by atoms with Gasteiger partial charge in [0.05, 0.1) is 13.7 Å². The van der Waals surface area contributed by atoms with E-state index in [0.717, 1.165) is 6.42 Å². The summed E-state index contributed by atoms with van der Waals surface area (Å²) in [4.78, 5) is 11.7. The molecular formula is C13H16O3. The minimum atomic E-state index is -0.0389. The average molecular weight is 220 g/mol. The number of benzene rings is 1. The van der Waals surface area contributed by atoms with Crippen LogP contribution in [-0.2, 0) is 4.74 Å². The van der Waals surface area contributed by atoms with E-state index in [1.165, 1.54) is 0 Å². The van der Waals surface area contributed by atoms with Crippen molar-refractivity contribution in [1.29, 1.82) is 0 Å². The fraction of sp³-hybridized carbons (Fsp3) is 0.308. The Morgan fingerprint density at radius 2 is 2.31 bits per heavy atom. The second kappa shape index (κ2) is 6.80. The number of Topliss-reactive ketones (excluding diaryl/α,β-unsaturated/α-hetero) is 1. The molecule has 0 unspecified atom stereocenters. The van der Waals surface area contributed by atoms with Crippen LogP contribution in [0.25, 0.3) is 0 Å². The van der Waals surface area contributed by atoms with E-state index in [2.05, 4.69) is 6.58 Å². The fourth-order valence-corrected chi connectivity index (χ4v) is 1.21. The number of methoxy groups -OCH3 is 1. The first-order chi connectivity index (χ1) is 7.77. The van der Waals surface area contributed by atoms with Gasteiger partial charge in [-0.05, 0) is 18.6 Å². The van der Waals surface area contributed by atoms with Crippen LogP contribution in [0.3, 0.4) is 0 Å². The molecule has 0 atom stereocenters. The van der Waals surface area contributed by atoms with Crippen LogP contribution in [0.5, 0.6) is 5.75 Å². The van der Waals surface area contributed by atoms with E-state index in [1.807, 2.05) is 0 Å². The monoisotopic (exact) mass is 220 g/mol. The summed E-state index contributed by atoms with van der Waals surface area (Å²) in [5.41, 5.74) is 0.609. The molecule has 1 rings (SSSR count). The maximum atomic E-state index is 11.7. The zero-order valence-corrected chi connectivity index (χ0v) is 9.44. The summed E-state index contributed by atoms with van der Waals surface area (Å²) in [7, 11) is 1.57. The van der Waals surface area contributed by atoms with E-state index in [-0.39, 0.29) is 12.4 Å². The van der Waals surface area contributed by atoms with Crippen molar-refractivity contribution >= 4 is 5.78 Å². The van der Waals surface area contributed by atoms with Crippen LogP contribution in [0.15, 0.2) is 36.9 Å². The molecule has 0 aliphatic rings. The summed E-state index contributed by atoms with van der Waals surface area (Å²) >= 11 is 0. The van der Waals surface area contributed by atoms with E-state index in [9.17, 15) is 4.79 Å². The van der Waals surface area contributed by atoms with Gasteiger partial charge in [-0.15, -0.1) is 6.58 Å². The average Bonchev–Trinajstić information content (AvgIpc) is 2.34. The van der Waals surface area contributed by atoms with E-state index in [1.54, 1.807) is 37.5 Å². The number of carbonyl (C=O) groups excluding carboxylic acids is 1. The predicted octanol–water partition coefficient (Wildman–Crippen LogP) is 2.47. The maximum Gasteiger partial charge on any atom is 0.188 e. The van der Waals surface area contributed by atoms with Crippen LogP contribution in [0.4, 0.5) is 0 Å². The van der Waals surface area contributed by atoms with Gasteiger partial charge in [0, 0.05) is 5.56 Å². The van der Waals surface area contributed by atoms with Gasteiger partial charge in [-0.2, -0.15) is 0 Å². The fourth-order valence-electron chi connectivity index (χ4n) is 1.21. The number of hydrogen-bond donors (Lipinski definition) is 0. The summed E-state index contributed by atoms with van der Waals surface area (Å²) in [5.74, 6) is 0.639. The minimum absolute atomic E-state index is 0.0389. The van der Waals surface area contributed by atoms with E-state index < -0.39 is 0 Å². The Labute approximate surface area is 95.7 Å². The van der Waals surface area contributed by atoms with Crippen LogP contribution in [-0.4, -0.2) is 26.1 Å². The molecule has 0 amide bonds. The topological polar surface area (TPSA) is 35.5 Å². The second-order valence-electron chi connectivity index (χ2n) is 3.29. The first kappa shape index (κ1) is 12.5. The minimum Gasteiger partial charge on any atom is -0.497 e. The highest BCUT2D eigenvalue weighted by atomic mass is 16.5. The van der Waals surface area contributed by atoms with Gasteiger partial charge in [-0.25, -0.2) is 0 Å². The van der Waals surface area contributed by atoms with Gasteiger partial charge in [-0.1, -0.05) is 18.2 Å². The van der Waals surface area contributed by atoms with Gasteiger partial charge in [0.1, 0.15) is 12.4 Å². The molecule has 0 aromatic heterocycles. The molecule has 1 aromatic carbocycles. The Morgan fingerprint density at radius 3 is 3.00 bits per heavy atom. The highest BCUT2D eigenvalue weighted by molar-refractivity contribution is 5.97. The molecule has 0 radical (unpaired) electrons. The Balaban J connectivity index is 2.48. The first-order valence-corrected chi connectivity index (χ1v) is 5.14. The molecule has 0 saturated heterocycles. The number of rotatable bonds is 7. The molecule has 1 aromatic rings. The van der Waals surface area contributed by atoms with Crippen molar-refractivity contribution in [1.82, 2.24) is 0 Å². The standard InChI is InChI=1S/C13H16O3/c1-3-4-8-16-10-13(14)11-6-5-7-12(9-11)15-2/h3,5-7,9H,1,4,8,10H2,2H3. The third-order valence-corrected chi connectivity index (χ3v) is 2.09. The smallest absolute Gasteiger partial charge is 0.188 e. The van der Waals surface area contributed by atoms with Gasteiger partial charge >= 0.3 is 0 Å². The summed E-state index contributed by atoms with van der Waals surface area (Å²) in [6.07, 6.45) is 2.52. The van der Waals surface area contributed by atoms with Gasteiger partial charge in [0.2, 0.25) is 0 Å².